The molecule has 1 unspecified atom stereocenters. The summed E-state index contributed by atoms with van der Waals surface area (Å²) in [6, 6.07) is 5.79. The number of likely N-dealkylation sites (N-methyl/N-ethyl adjacent to an activating group) is 1. The van der Waals surface area contributed by atoms with E-state index in [2.05, 4.69) is 10.4 Å². The maximum Gasteiger partial charge on any atom is 0.406 e. The van der Waals surface area contributed by atoms with Crippen LogP contribution in [0.1, 0.15) is 87.3 Å². The van der Waals surface area contributed by atoms with Crippen LogP contribution in [0, 0.1) is 23.6 Å². The van der Waals surface area contributed by atoms with Gasteiger partial charge in [0.2, 0.25) is 11.8 Å². The Morgan fingerprint density at radius 2 is 1.73 bits per heavy atom. The van der Waals surface area contributed by atoms with Crippen molar-refractivity contribution in [2.45, 2.75) is 77.4 Å². The normalized spacial score (nSPS) is 15.8. The first-order valence-corrected chi connectivity index (χ1v) is 14.0. The Labute approximate surface area is 237 Å². The van der Waals surface area contributed by atoms with Crippen LogP contribution in [0.5, 0.6) is 0 Å². The molecule has 4 rings (SSSR count). The molecule has 1 heterocycles. The molecule has 2 aliphatic carbocycles. The number of amides is 3. The van der Waals surface area contributed by atoms with Crippen LogP contribution in [0.15, 0.2) is 30.5 Å². The average Bonchev–Trinajstić information content (AvgIpc) is 3.82. The van der Waals surface area contributed by atoms with Crippen molar-refractivity contribution < 1.29 is 31.9 Å². The van der Waals surface area contributed by atoms with Gasteiger partial charge in [-0.2, -0.15) is 18.3 Å². The summed E-state index contributed by atoms with van der Waals surface area (Å²) in [7, 11) is 1.08. The Balaban J connectivity index is 0.000000352. The molecule has 12 heteroatoms. The molecule has 41 heavy (non-hydrogen) atoms. The zero-order valence-electron chi connectivity index (χ0n) is 23.9. The molecule has 0 aliphatic heterocycles. The van der Waals surface area contributed by atoms with E-state index < -0.39 is 36.3 Å². The zero-order chi connectivity index (χ0) is 30.5. The minimum atomic E-state index is -4.50. The summed E-state index contributed by atoms with van der Waals surface area (Å²) in [5.41, 5.74) is 5.88. The highest BCUT2D eigenvalue weighted by Crippen LogP contribution is 2.50. The number of carbonyl (C=O) groups excluding carboxylic acids is 3. The van der Waals surface area contributed by atoms with Gasteiger partial charge in [-0.05, 0) is 87.5 Å². The molecule has 2 aromatic rings. The van der Waals surface area contributed by atoms with Gasteiger partial charge in [0.25, 0.3) is 5.91 Å². The molecular formula is C29H39F4N5O3. The SMILES string of the molecule is CC(C)n1nccc1C(N)=O.CCC(C(=O)N(C)CC(F)(F)F)c1ccc(NC(=O)CC(C2CC2)C2CC2)c(F)c1. The van der Waals surface area contributed by atoms with Crippen LogP contribution in [0.25, 0.3) is 0 Å². The van der Waals surface area contributed by atoms with E-state index in [-0.39, 0.29) is 24.1 Å². The number of nitrogens with two attached hydrogens (primary N) is 1. The molecular weight excluding hydrogens is 542 g/mol. The first-order valence-electron chi connectivity index (χ1n) is 14.0. The van der Waals surface area contributed by atoms with E-state index >= 15 is 0 Å². The molecule has 0 bridgehead atoms. The standard InChI is InChI=1S/C22H28F4N2O2.C7H11N3O/c1-3-16(21(30)28(2)12-22(24,25)26)15-8-9-19(18(23)10-15)27-20(29)11-17(13-4-5-13)14-6-7-14;1-5(2)10-6(7(8)11)3-4-9-10/h8-10,13-14,16-17H,3-7,11-12H2,1-2H3,(H,27,29);3-5H,1-2H3,(H2,8,11). The van der Waals surface area contributed by atoms with Crippen molar-refractivity contribution >= 4 is 23.4 Å². The number of halogens is 4. The fourth-order valence-electron chi connectivity index (χ4n) is 5.12. The quantitative estimate of drug-likeness (QED) is 0.333. The van der Waals surface area contributed by atoms with Crippen molar-refractivity contribution in [2.75, 3.05) is 18.9 Å². The predicted octanol–water partition coefficient (Wildman–Crippen LogP) is 5.67. The molecule has 0 saturated heterocycles. The number of hydrogen-bond acceptors (Lipinski definition) is 4. The third-order valence-electron chi connectivity index (χ3n) is 7.46. The summed E-state index contributed by atoms with van der Waals surface area (Å²) in [5.74, 6) is -1.36. The van der Waals surface area contributed by atoms with Gasteiger partial charge >= 0.3 is 6.18 Å². The van der Waals surface area contributed by atoms with Gasteiger partial charge in [0.15, 0.2) is 0 Å². The lowest BCUT2D eigenvalue weighted by atomic mass is 9.93. The van der Waals surface area contributed by atoms with Crippen LogP contribution in [0.4, 0.5) is 23.2 Å². The summed E-state index contributed by atoms with van der Waals surface area (Å²) in [5, 5.41) is 6.57. The zero-order valence-corrected chi connectivity index (χ0v) is 23.9. The Kier molecular flexibility index (Phi) is 10.5. The van der Waals surface area contributed by atoms with E-state index in [4.69, 9.17) is 5.73 Å². The second-order valence-corrected chi connectivity index (χ2v) is 11.2. The maximum absolute atomic E-state index is 14.6. The second kappa shape index (κ2) is 13.5. The Bertz CT molecular complexity index is 1210. The van der Waals surface area contributed by atoms with Gasteiger partial charge in [0.05, 0.1) is 11.6 Å². The van der Waals surface area contributed by atoms with Crippen LogP contribution in [0.3, 0.4) is 0 Å². The number of benzene rings is 1. The van der Waals surface area contributed by atoms with Crippen LogP contribution >= 0.6 is 0 Å². The van der Waals surface area contributed by atoms with Gasteiger partial charge < -0.3 is 16.0 Å². The summed E-state index contributed by atoms with van der Waals surface area (Å²) >= 11 is 0. The minimum absolute atomic E-state index is 0.0278. The van der Waals surface area contributed by atoms with E-state index in [1.54, 1.807) is 23.9 Å². The fraction of sp³-hybridized carbons (Fsp3) is 0.586. The third-order valence-corrected chi connectivity index (χ3v) is 7.46. The average molecular weight is 582 g/mol. The topological polar surface area (TPSA) is 110 Å². The summed E-state index contributed by atoms with van der Waals surface area (Å²) in [6.45, 7) is 4.19. The first kappa shape index (κ1) is 32.1. The highest BCUT2D eigenvalue weighted by molar-refractivity contribution is 5.91. The summed E-state index contributed by atoms with van der Waals surface area (Å²) in [6.07, 6.45) is 2.32. The smallest absolute Gasteiger partial charge is 0.364 e. The lowest BCUT2D eigenvalue weighted by Crippen LogP contribution is -2.38. The molecule has 226 valence electrons. The lowest BCUT2D eigenvalue weighted by Gasteiger charge is -2.24. The van der Waals surface area contributed by atoms with Crippen molar-refractivity contribution in [3.8, 4) is 0 Å². The van der Waals surface area contributed by atoms with Gasteiger partial charge in [-0.15, -0.1) is 0 Å². The molecule has 1 aromatic carbocycles. The number of carbonyl (C=O) groups is 3. The van der Waals surface area contributed by atoms with Crippen LogP contribution < -0.4 is 11.1 Å². The Hall–Kier alpha value is -3.44. The molecule has 1 aromatic heterocycles. The maximum atomic E-state index is 14.6. The molecule has 1 atom stereocenters. The Morgan fingerprint density at radius 3 is 2.17 bits per heavy atom. The van der Waals surface area contributed by atoms with Gasteiger partial charge in [-0.3, -0.25) is 19.1 Å². The number of aromatic nitrogens is 2. The molecule has 2 saturated carbocycles. The van der Waals surface area contributed by atoms with Crippen molar-refractivity contribution in [3.63, 3.8) is 0 Å². The molecule has 2 fully saturated rings. The van der Waals surface area contributed by atoms with Gasteiger partial charge in [0, 0.05) is 25.7 Å². The highest BCUT2D eigenvalue weighted by Gasteiger charge is 2.42. The largest absolute Gasteiger partial charge is 0.406 e. The highest BCUT2D eigenvalue weighted by atomic mass is 19.4. The van der Waals surface area contributed by atoms with Crippen molar-refractivity contribution in [2.24, 2.45) is 23.5 Å². The van der Waals surface area contributed by atoms with E-state index in [1.807, 2.05) is 13.8 Å². The van der Waals surface area contributed by atoms with E-state index in [9.17, 15) is 31.9 Å². The second-order valence-electron chi connectivity index (χ2n) is 11.2. The molecule has 8 nitrogen and oxygen atoms in total. The van der Waals surface area contributed by atoms with Gasteiger partial charge in [-0.25, -0.2) is 4.39 Å². The lowest BCUT2D eigenvalue weighted by molar-refractivity contribution is -0.159. The van der Waals surface area contributed by atoms with Gasteiger partial charge in [-0.1, -0.05) is 13.0 Å². The molecule has 2 aliphatic rings. The van der Waals surface area contributed by atoms with Crippen LogP contribution in [0.2, 0.25) is 0 Å². The van der Waals surface area contributed by atoms with Gasteiger partial charge in [0.1, 0.15) is 18.1 Å². The third kappa shape index (κ3) is 9.29. The minimum Gasteiger partial charge on any atom is -0.364 e. The molecule has 3 amide bonds. The van der Waals surface area contributed by atoms with Crippen molar-refractivity contribution in [1.82, 2.24) is 14.7 Å². The fourth-order valence-corrected chi connectivity index (χ4v) is 5.12. The van der Waals surface area contributed by atoms with Crippen molar-refractivity contribution in [1.29, 1.82) is 0 Å². The first-order chi connectivity index (χ1) is 19.2. The summed E-state index contributed by atoms with van der Waals surface area (Å²) < 4.78 is 53.9. The molecule has 3 N–H and O–H groups in total. The van der Waals surface area contributed by atoms with E-state index in [1.165, 1.54) is 12.1 Å². The summed E-state index contributed by atoms with van der Waals surface area (Å²) in [4.78, 5) is 36.2. The predicted molar refractivity (Wildman–Crippen MR) is 146 cm³/mol. The number of anilines is 1. The van der Waals surface area contributed by atoms with Crippen LogP contribution in [-0.2, 0) is 9.59 Å². The molecule has 0 spiro atoms. The number of hydrogen-bond donors (Lipinski definition) is 2. The number of rotatable bonds is 11. The number of nitrogens with one attached hydrogen (secondary N) is 1. The van der Waals surface area contributed by atoms with Crippen molar-refractivity contribution in [3.05, 3.63) is 47.5 Å². The van der Waals surface area contributed by atoms with E-state index in [0.717, 1.165) is 38.8 Å². The number of alkyl halides is 3. The Morgan fingerprint density at radius 1 is 1.12 bits per heavy atom. The number of nitrogens with zero attached hydrogens (tertiary/aromatic N) is 3. The number of primary amides is 1. The monoisotopic (exact) mass is 581 g/mol. The van der Waals surface area contributed by atoms with E-state index in [0.29, 0.717) is 40.3 Å². The van der Waals surface area contributed by atoms with Crippen LogP contribution in [-0.4, -0.2) is 52.2 Å². The molecule has 0 radical (unpaired) electrons.